The van der Waals surface area contributed by atoms with Gasteiger partial charge in [-0.2, -0.15) is 0 Å². The number of carbonyl (C=O) groups is 5. The maximum absolute atomic E-state index is 13.5. The molecule has 0 aliphatic rings. The van der Waals surface area contributed by atoms with Crippen LogP contribution < -0.4 is 21.7 Å². The predicted octanol–water partition coefficient (Wildman–Crippen LogP) is 1.44. The molecule has 13 heteroatoms. The first-order valence-corrected chi connectivity index (χ1v) is 14.3. The highest BCUT2D eigenvalue weighted by Gasteiger charge is 2.31. The minimum absolute atomic E-state index is 0.00349. The molecule has 4 atom stereocenters. The zero-order valence-electron chi connectivity index (χ0n) is 24.6. The summed E-state index contributed by atoms with van der Waals surface area (Å²) in [4.78, 5) is 66.2. The standard InChI is InChI=1S/C31H39N5O8/c1-17(2)13-22(32)28(40)35-25(14-18-7-9-20(37)10-8-18)30(42)34-24(11-12-27(38)39)29(41)36-26(31(43)44)15-19-16-33-23-6-4-3-5-21(19)23/h3-10,16-17,22,24-26,33,37H,11-15,32H2,1-2H3,(H,34,42)(H,35,40)(H,36,41)(H,38,39)(H,43,44). The van der Waals surface area contributed by atoms with Crippen LogP contribution in [-0.4, -0.2) is 74.1 Å². The van der Waals surface area contributed by atoms with Crippen molar-refractivity contribution < 1.29 is 39.3 Å². The molecule has 1 aromatic heterocycles. The Hall–Kier alpha value is -4.91. The number of fused-ring (bicyclic) bond motifs is 1. The van der Waals surface area contributed by atoms with Gasteiger partial charge in [0.15, 0.2) is 0 Å². The summed E-state index contributed by atoms with van der Waals surface area (Å²) in [6.07, 6.45) is 1.08. The van der Waals surface area contributed by atoms with E-state index in [4.69, 9.17) is 5.73 Å². The number of nitrogens with two attached hydrogens (primary N) is 1. The van der Waals surface area contributed by atoms with Crippen LogP contribution in [0.15, 0.2) is 54.7 Å². The van der Waals surface area contributed by atoms with Crippen molar-refractivity contribution in [2.24, 2.45) is 11.7 Å². The summed E-state index contributed by atoms with van der Waals surface area (Å²) in [6, 6.07) is 8.29. The van der Waals surface area contributed by atoms with Crippen molar-refractivity contribution in [2.45, 2.75) is 70.1 Å². The zero-order valence-corrected chi connectivity index (χ0v) is 24.6. The molecule has 3 amide bonds. The van der Waals surface area contributed by atoms with Crippen LogP contribution >= 0.6 is 0 Å². The lowest BCUT2D eigenvalue weighted by atomic mass is 10.0. The molecule has 3 aromatic rings. The Morgan fingerprint density at radius 2 is 1.43 bits per heavy atom. The molecule has 236 valence electrons. The van der Waals surface area contributed by atoms with Crippen molar-refractivity contribution in [1.82, 2.24) is 20.9 Å². The number of aromatic nitrogens is 1. The highest BCUT2D eigenvalue weighted by atomic mass is 16.4. The van der Waals surface area contributed by atoms with Gasteiger partial charge in [0.1, 0.15) is 23.9 Å². The molecule has 4 unspecified atom stereocenters. The highest BCUT2D eigenvalue weighted by molar-refractivity contribution is 5.94. The van der Waals surface area contributed by atoms with Crippen molar-refractivity contribution in [1.29, 1.82) is 0 Å². The Bertz CT molecular complexity index is 1470. The molecule has 1 heterocycles. The third-order valence-electron chi connectivity index (χ3n) is 7.06. The molecule has 0 aliphatic heterocycles. The summed E-state index contributed by atoms with van der Waals surface area (Å²) in [5.41, 5.74) is 8.04. The summed E-state index contributed by atoms with van der Waals surface area (Å²) < 4.78 is 0. The average Bonchev–Trinajstić information content (AvgIpc) is 3.37. The normalized spacial score (nSPS) is 13.9. The smallest absolute Gasteiger partial charge is 0.326 e. The van der Waals surface area contributed by atoms with E-state index in [1.807, 2.05) is 32.0 Å². The molecule has 0 bridgehead atoms. The summed E-state index contributed by atoms with van der Waals surface area (Å²) in [7, 11) is 0. The number of carbonyl (C=O) groups excluding carboxylic acids is 3. The van der Waals surface area contributed by atoms with Gasteiger partial charge >= 0.3 is 11.9 Å². The monoisotopic (exact) mass is 609 g/mol. The number of phenols is 1. The number of H-pyrrole nitrogens is 1. The topological polar surface area (TPSA) is 224 Å². The molecule has 3 rings (SSSR count). The number of amides is 3. The molecule has 0 fully saturated rings. The number of carboxylic acids is 2. The van der Waals surface area contributed by atoms with Gasteiger partial charge in [-0.3, -0.25) is 19.2 Å². The molecule has 13 nitrogen and oxygen atoms in total. The quantitative estimate of drug-likeness (QED) is 0.117. The third kappa shape index (κ3) is 9.83. The largest absolute Gasteiger partial charge is 0.508 e. The number of aromatic hydroxyl groups is 1. The Kier molecular flexibility index (Phi) is 11.9. The number of para-hydroxylation sites is 1. The number of rotatable bonds is 16. The Balaban J connectivity index is 1.81. The van der Waals surface area contributed by atoms with Crippen LogP contribution in [0.2, 0.25) is 0 Å². The summed E-state index contributed by atoms with van der Waals surface area (Å²) in [5.74, 6) is -4.70. The molecule has 0 aliphatic carbocycles. The fraction of sp³-hybridized carbons (Fsp3) is 0.387. The number of nitrogens with one attached hydrogen (secondary N) is 4. The molecule has 0 saturated heterocycles. The minimum Gasteiger partial charge on any atom is -0.508 e. The molecule has 44 heavy (non-hydrogen) atoms. The maximum atomic E-state index is 13.5. The van der Waals surface area contributed by atoms with Gasteiger partial charge in [0.05, 0.1) is 6.04 Å². The summed E-state index contributed by atoms with van der Waals surface area (Å²) >= 11 is 0. The van der Waals surface area contributed by atoms with E-state index in [2.05, 4.69) is 20.9 Å². The van der Waals surface area contributed by atoms with Crippen LogP contribution in [0.4, 0.5) is 0 Å². The van der Waals surface area contributed by atoms with Crippen LogP contribution in [0.3, 0.4) is 0 Å². The van der Waals surface area contributed by atoms with Crippen molar-refractivity contribution in [3.63, 3.8) is 0 Å². The average molecular weight is 610 g/mol. The van der Waals surface area contributed by atoms with Crippen LogP contribution in [0, 0.1) is 5.92 Å². The zero-order chi connectivity index (χ0) is 32.4. The minimum atomic E-state index is -1.42. The predicted molar refractivity (Wildman–Crippen MR) is 162 cm³/mol. The lowest BCUT2D eigenvalue weighted by molar-refractivity contribution is -0.143. The van der Waals surface area contributed by atoms with Gasteiger partial charge in [0.2, 0.25) is 17.7 Å². The number of aliphatic carboxylic acids is 2. The number of phenolic OH excluding ortho intramolecular Hbond substituents is 1. The molecule has 0 saturated carbocycles. The van der Waals surface area contributed by atoms with E-state index < -0.39 is 60.2 Å². The van der Waals surface area contributed by atoms with E-state index in [0.29, 0.717) is 17.5 Å². The van der Waals surface area contributed by atoms with Crippen LogP contribution in [0.5, 0.6) is 5.75 Å². The van der Waals surface area contributed by atoms with Crippen molar-refractivity contribution in [2.75, 3.05) is 0 Å². The number of aromatic amines is 1. The first-order chi connectivity index (χ1) is 20.8. The van der Waals surface area contributed by atoms with Crippen molar-refractivity contribution in [3.8, 4) is 5.75 Å². The van der Waals surface area contributed by atoms with Gasteiger partial charge in [-0.05, 0) is 48.1 Å². The fourth-order valence-corrected chi connectivity index (χ4v) is 4.77. The van der Waals surface area contributed by atoms with E-state index in [9.17, 15) is 39.3 Å². The molecule has 9 N–H and O–H groups in total. The first-order valence-electron chi connectivity index (χ1n) is 14.3. The van der Waals surface area contributed by atoms with E-state index >= 15 is 0 Å². The Labute approximate surface area is 254 Å². The number of hydrogen-bond donors (Lipinski definition) is 8. The first kappa shape index (κ1) is 33.6. The van der Waals surface area contributed by atoms with Gasteiger partial charge in [0, 0.05) is 36.4 Å². The van der Waals surface area contributed by atoms with Crippen LogP contribution in [0.1, 0.15) is 44.2 Å². The Morgan fingerprint density at radius 3 is 2.07 bits per heavy atom. The second-order valence-corrected chi connectivity index (χ2v) is 11.1. The number of hydrogen-bond acceptors (Lipinski definition) is 7. The maximum Gasteiger partial charge on any atom is 0.326 e. The van der Waals surface area contributed by atoms with Gasteiger partial charge in [-0.15, -0.1) is 0 Å². The number of benzene rings is 2. The lowest BCUT2D eigenvalue weighted by Gasteiger charge is -2.25. The fourth-order valence-electron chi connectivity index (χ4n) is 4.77. The van der Waals surface area contributed by atoms with Crippen molar-refractivity contribution in [3.05, 3.63) is 65.9 Å². The number of carboxylic acid groups (broad SMARTS) is 2. The van der Waals surface area contributed by atoms with E-state index in [1.54, 1.807) is 24.4 Å². The van der Waals surface area contributed by atoms with E-state index in [-0.39, 0.29) is 30.9 Å². The second-order valence-electron chi connectivity index (χ2n) is 11.1. The SMILES string of the molecule is CC(C)CC(N)C(=O)NC(Cc1ccc(O)cc1)C(=O)NC(CCC(=O)O)C(=O)NC(Cc1c[nH]c2ccccc12)C(=O)O. The van der Waals surface area contributed by atoms with E-state index in [1.165, 1.54) is 12.1 Å². The molecular weight excluding hydrogens is 570 g/mol. The molecule has 0 radical (unpaired) electrons. The molecule has 0 spiro atoms. The van der Waals surface area contributed by atoms with Gasteiger partial charge < -0.3 is 42.0 Å². The van der Waals surface area contributed by atoms with Crippen LogP contribution in [-0.2, 0) is 36.8 Å². The van der Waals surface area contributed by atoms with Crippen molar-refractivity contribution >= 4 is 40.6 Å². The van der Waals surface area contributed by atoms with Gasteiger partial charge in [0.25, 0.3) is 0 Å². The lowest BCUT2D eigenvalue weighted by Crippen LogP contribution is -2.58. The Morgan fingerprint density at radius 1 is 0.818 bits per heavy atom. The summed E-state index contributed by atoms with van der Waals surface area (Å²) in [5, 5.41) is 37.1. The van der Waals surface area contributed by atoms with Gasteiger partial charge in [-0.25, -0.2) is 4.79 Å². The summed E-state index contributed by atoms with van der Waals surface area (Å²) in [6.45, 7) is 3.78. The van der Waals surface area contributed by atoms with E-state index in [0.717, 1.165) is 10.9 Å². The highest BCUT2D eigenvalue weighted by Crippen LogP contribution is 2.19. The molecular formula is C31H39N5O8. The van der Waals surface area contributed by atoms with Gasteiger partial charge in [-0.1, -0.05) is 44.2 Å². The second kappa shape index (κ2) is 15.5. The van der Waals surface area contributed by atoms with Crippen LogP contribution in [0.25, 0.3) is 10.9 Å². The third-order valence-corrected chi connectivity index (χ3v) is 7.06. The molecule has 2 aromatic carbocycles.